The lowest BCUT2D eigenvalue weighted by Crippen LogP contribution is -2.11. The molecule has 22 heavy (non-hydrogen) atoms. The van der Waals surface area contributed by atoms with Crippen LogP contribution in [0, 0.1) is 0 Å². The third-order valence-corrected chi connectivity index (χ3v) is 1.63. The van der Waals surface area contributed by atoms with Crippen molar-refractivity contribution in [3.05, 3.63) is 49.1 Å². The van der Waals surface area contributed by atoms with Gasteiger partial charge in [0.15, 0.2) is 0 Å². The maximum absolute atomic E-state index is 9.81. The average Bonchev–Trinajstić information content (AvgIpc) is 2.50. The number of carbonyl (C=O) groups excluding carboxylic acids is 2. The topological polar surface area (TPSA) is 107 Å². The fourth-order valence-electron chi connectivity index (χ4n) is 0.527. The smallest absolute Gasteiger partial charge is 0.404 e. The number of Topliss-reactive ketones (excluding diaryl/α,β-unsaturated/α-hetero) is 1. The van der Waals surface area contributed by atoms with Gasteiger partial charge in [-0.3, -0.25) is 0 Å². The molecule has 0 aliphatic heterocycles. The summed E-state index contributed by atoms with van der Waals surface area (Å²) in [6.45, 7) is 8.45. The highest BCUT2D eigenvalue weighted by molar-refractivity contribution is 5.78. The van der Waals surface area contributed by atoms with Gasteiger partial charge in [-0.25, -0.2) is 9.59 Å². The van der Waals surface area contributed by atoms with Gasteiger partial charge in [0.25, 0.3) is 0 Å². The highest BCUT2D eigenvalue weighted by Crippen LogP contribution is 1.79. The van der Waals surface area contributed by atoms with E-state index >= 15 is 0 Å². The zero-order chi connectivity index (χ0) is 17.8. The number of carboxylic acid groups (broad SMARTS) is 1. The van der Waals surface area contributed by atoms with Crippen LogP contribution >= 0.6 is 0 Å². The maximum Gasteiger partial charge on any atom is 0.404 e. The van der Waals surface area contributed by atoms with Gasteiger partial charge in [0, 0.05) is 12.5 Å². The molecule has 0 bridgehead atoms. The number of rotatable bonds is 3. The summed E-state index contributed by atoms with van der Waals surface area (Å²) in [6.07, 6.45) is 0.789. The van der Waals surface area contributed by atoms with E-state index in [1.54, 1.807) is 13.8 Å². The lowest BCUT2D eigenvalue weighted by Gasteiger charge is -1.89. The van der Waals surface area contributed by atoms with Crippen molar-refractivity contribution in [2.75, 3.05) is 6.61 Å². The Labute approximate surface area is 131 Å². The van der Waals surface area contributed by atoms with Crippen molar-refractivity contribution in [2.24, 2.45) is 5.73 Å². The summed E-state index contributed by atoms with van der Waals surface area (Å²) >= 11 is 0. The monoisotopic (exact) mass is 311 g/mol. The van der Waals surface area contributed by atoms with Crippen molar-refractivity contribution < 1.29 is 24.2 Å². The van der Waals surface area contributed by atoms with Crippen LogP contribution in [0.2, 0.25) is 0 Å². The van der Waals surface area contributed by atoms with Crippen LogP contribution in [-0.2, 0) is 14.3 Å². The Hall–Kier alpha value is -2.63. The van der Waals surface area contributed by atoms with E-state index in [0.717, 1.165) is 6.08 Å². The van der Waals surface area contributed by atoms with E-state index in [1.807, 2.05) is 43.3 Å². The van der Waals surface area contributed by atoms with Crippen molar-refractivity contribution in [3.8, 4) is 0 Å². The van der Waals surface area contributed by atoms with Gasteiger partial charge >= 0.3 is 12.1 Å². The molecule has 1 rings (SSSR count). The summed E-state index contributed by atoms with van der Waals surface area (Å²) < 4.78 is 4.18. The summed E-state index contributed by atoms with van der Waals surface area (Å²) in [5, 5.41) is 7.60. The first-order valence-corrected chi connectivity index (χ1v) is 6.58. The van der Waals surface area contributed by atoms with Crippen LogP contribution in [0.4, 0.5) is 4.79 Å². The molecule has 0 aromatic heterocycles. The summed E-state index contributed by atoms with van der Waals surface area (Å²) in [5.74, 6) is -0.727. The van der Waals surface area contributed by atoms with Crippen LogP contribution in [0.1, 0.15) is 27.2 Å². The summed E-state index contributed by atoms with van der Waals surface area (Å²) in [5.41, 5.74) is 4.54. The molecule has 1 aromatic rings. The van der Waals surface area contributed by atoms with Crippen LogP contribution in [0.25, 0.3) is 0 Å². The number of hydrogen-bond donors (Lipinski definition) is 2. The zero-order valence-electron chi connectivity index (χ0n) is 13.3. The summed E-state index contributed by atoms with van der Waals surface area (Å²) in [7, 11) is 0. The van der Waals surface area contributed by atoms with Crippen LogP contribution in [0.15, 0.2) is 49.1 Å². The van der Waals surface area contributed by atoms with Crippen molar-refractivity contribution in [2.45, 2.75) is 27.2 Å². The fraction of sp³-hybridized carbons (Fsp3) is 0.312. The van der Waals surface area contributed by atoms with E-state index in [0.29, 0.717) is 13.0 Å². The van der Waals surface area contributed by atoms with Gasteiger partial charge < -0.3 is 20.4 Å². The molecule has 1 amide bonds. The third kappa shape index (κ3) is 43.3. The SMILES string of the molecule is C=CC(=O)O.CCC(C)=O.CCOC(N)=O.c1ccccc1. The molecule has 0 unspecified atom stereocenters. The van der Waals surface area contributed by atoms with E-state index in [4.69, 9.17) is 5.11 Å². The molecule has 0 fully saturated rings. The van der Waals surface area contributed by atoms with Crippen molar-refractivity contribution >= 4 is 17.8 Å². The lowest BCUT2D eigenvalue weighted by atomic mass is 10.4. The molecule has 0 aliphatic rings. The van der Waals surface area contributed by atoms with Crippen molar-refractivity contribution in [1.82, 2.24) is 0 Å². The quantitative estimate of drug-likeness (QED) is 0.834. The van der Waals surface area contributed by atoms with Crippen molar-refractivity contribution in [3.63, 3.8) is 0 Å². The standard InChI is InChI=1S/C6H6.C4H8O.C3H7NO2.C3H4O2/c1-2-4-6-5-3-1;1-3-4(2)5;1-2-6-3(4)5;1-2-3(4)5/h1-6H;3H2,1-2H3;2H2,1H3,(H2,4,5);2H,1H2,(H,4,5). The van der Waals surface area contributed by atoms with Gasteiger partial charge in [0.1, 0.15) is 5.78 Å². The Kier molecular flexibility index (Phi) is 22.9. The Morgan fingerprint density at radius 2 is 1.36 bits per heavy atom. The molecule has 0 saturated heterocycles. The number of carbonyl (C=O) groups is 3. The number of amides is 1. The number of ketones is 1. The largest absolute Gasteiger partial charge is 0.478 e. The normalized spacial score (nSPS) is 7.41. The second kappa shape index (κ2) is 20.7. The van der Waals surface area contributed by atoms with E-state index in [1.165, 1.54) is 0 Å². The zero-order valence-corrected chi connectivity index (χ0v) is 13.3. The van der Waals surface area contributed by atoms with E-state index in [2.05, 4.69) is 17.0 Å². The van der Waals surface area contributed by atoms with Gasteiger partial charge in [-0.1, -0.05) is 49.9 Å². The van der Waals surface area contributed by atoms with Gasteiger partial charge in [-0.15, -0.1) is 0 Å². The molecule has 0 heterocycles. The van der Waals surface area contributed by atoms with Crippen LogP contribution in [-0.4, -0.2) is 29.6 Å². The number of benzene rings is 1. The number of hydrogen-bond acceptors (Lipinski definition) is 4. The van der Waals surface area contributed by atoms with Gasteiger partial charge in [-0.2, -0.15) is 0 Å². The second-order valence-corrected chi connectivity index (χ2v) is 3.50. The van der Waals surface area contributed by atoms with Crippen LogP contribution in [0.3, 0.4) is 0 Å². The molecule has 6 nitrogen and oxygen atoms in total. The number of ether oxygens (including phenoxy) is 1. The molecule has 0 atom stereocenters. The molecule has 0 aliphatic carbocycles. The Morgan fingerprint density at radius 1 is 1.09 bits per heavy atom. The first-order valence-electron chi connectivity index (χ1n) is 6.58. The minimum Gasteiger partial charge on any atom is -0.478 e. The van der Waals surface area contributed by atoms with Gasteiger partial charge in [0.05, 0.1) is 6.61 Å². The van der Waals surface area contributed by atoms with Crippen LogP contribution < -0.4 is 5.73 Å². The molecule has 1 aromatic carbocycles. The number of carboxylic acids is 1. The second-order valence-electron chi connectivity index (χ2n) is 3.50. The highest BCUT2D eigenvalue weighted by Gasteiger charge is 1.82. The first-order chi connectivity index (χ1) is 10.3. The Morgan fingerprint density at radius 3 is 1.41 bits per heavy atom. The summed E-state index contributed by atoms with van der Waals surface area (Å²) in [4.78, 5) is 28.7. The highest BCUT2D eigenvalue weighted by atomic mass is 16.5. The predicted octanol–water partition coefficient (Wildman–Crippen LogP) is 3.03. The minimum absolute atomic E-state index is 0.255. The molecule has 0 radical (unpaired) electrons. The Bertz CT molecular complexity index is 378. The lowest BCUT2D eigenvalue weighted by molar-refractivity contribution is -0.131. The van der Waals surface area contributed by atoms with Gasteiger partial charge in [-0.05, 0) is 13.8 Å². The first kappa shape index (κ1) is 24.4. The maximum atomic E-state index is 9.81. The molecule has 124 valence electrons. The Balaban J connectivity index is -0.000000220. The molecular formula is C16H25NO5. The number of nitrogens with two attached hydrogens (primary N) is 1. The van der Waals surface area contributed by atoms with Crippen molar-refractivity contribution in [1.29, 1.82) is 0 Å². The average molecular weight is 311 g/mol. The fourth-order valence-corrected chi connectivity index (χ4v) is 0.527. The molecule has 3 N–H and O–H groups in total. The molecule has 0 spiro atoms. The summed E-state index contributed by atoms with van der Waals surface area (Å²) in [6, 6.07) is 12.0. The molecule has 6 heteroatoms. The van der Waals surface area contributed by atoms with Gasteiger partial charge in [0.2, 0.25) is 0 Å². The van der Waals surface area contributed by atoms with Crippen LogP contribution in [0.5, 0.6) is 0 Å². The number of primary amides is 1. The van der Waals surface area contributed by atoms with E-state index in [-0.39, 0.29) is 5.78 Å². The van der Waals surface area contributed by atoms with E-state index in [9.17, 15) is 14.4 Å². The number of aliphatic carboxylic acids is 1. The van der Waals surface area contributed by atoms with E-state index < -0.39 is 12.1 Å². The molecular weight excluding hydrogens is 286 g/mol. The third-order valence-electron chi connectivity index (χ3n) is 1.63. The minimum atomic E-state index is -0.981. The predicted molar refractivity (Wildman–Crippen MR) is 86.5 cm³/mol. The molecule has 0 saturated carbocycles.